The number of benzene rings is 2. The molecule has 1 atom stereocenters. The van der Waals surface area contributed by atoms with Crippen LogP contribution < -0.4 is 11.5 Å². The van der Waals surface area contributed by atoms with Crippen molar-refractivity contribution in [3.63, 3.8) is 0 Å². The van der Waals surface area contributed by atoms with Crippen LogP contribution in [0.2, 0.25) is 0 Å². The maximum absolute atomic E-state index is 11.3. The molecule has 4 N–H and O–H groups in total. The summed E-state index contributed by atoms with van der Waals surface area (Å²) in [5.41, 5.74) is 14.0. The average Bonchev–Trinajstić information content (AvgIpc) is 2.40. The maximum atomic E-state index is 11.3. The van der Waals surface area contributed by atoms with Gasteiger partial charge in [0.2, 0.25) is 5.91 Å². The summed E-state index contributed by atoms with van der Waals surface area (Å²) < 4.78 is 0. The molecular weight excluding hydrogens is 224 g/mol. The Bertz CT molecular complexity index is 537. The molecule has 0 radical (unpaired) electrons. The SMILES string of the molecule is NC(=O)c1ccccc1C(N)Cc1ccccc1. The smallest absolute Gasteiger partial charge is 0.249 e. The van der Waals surface area contributed by atoms with Gasteiger partial charge < -0.3 is 11.5 Å². The number of hydrogen-bond donors (Lipinski definition) is 2. The standard InChI is InChI=1S/C15H16N2O/c16-14(10-11-6-2-1-3-7-11)12-8-4-5-9-13(12)15(17)18/h1-9,14H,10,16H2,(H2,17,18). The fourth-order valence-corrected chi connectivity index (χ4v) is 2.02. The molecule has 3 heteroatoms. The highest BCUT2D eigenvalue weighted by Gasteiger charge is 2.14. The summed E-state index contributed by atoms with van der Waals surface area (Å²) in [6.07, 6.45) is 0.686. The third-order valence-corrected chi connectivity index (χ3v) is 2.92. The lowest BCUT2D eigenvalue weighted by Crippen LogP contribution is -2.20. The summed E-state index contributed by atoms with van der Waals surface area (Å²) in [6.45, 7) is 0. The number of primary amides is 1. The monoisotopic (exact) mass is 240 g/mol. The van der Waals surface area contributed by atoms with Crippen molar-refractivity contribution in [1.82, 2.24) is 0 Å². The molecule has 0 aromatic heterocycles. The molecule has 1 unspecified atom stereocenters. The van der Waals surface area contributed by atoms with Crippen molar-refractivity contribution >= 4 is 5.91 Å². The van der Waals surface area contributed by atoms with Crippen LogP contribution in [0.15, 0.2) is 54.6 Å². The Morgan fingerprint density at radius 2 is 1.61 bits per heavy atom. The summed E-state index contributed by atoms with van der Waals surface area (Å²) in [6, 6.07) is 17.0. The van der Waals surface area contributed by atoms with Crippen LogP contribution in [0, 0.1) is 0 Å². The van der Waals surface area contributed by atoms with Gasteiger partial charge in [0.25, 0.3) is 0 Å². The van der Waals surface area contributed by atoms with Crippen LogP contribution in [0.25, 0.3) is 0 Å². The number of nitrogens with two attached hydrogens (primary N) is 2. The maximum Gasteiger partial charge on any atom is 0.249 e. The van der Waals surface area contributed by atoms with Gasteiger partial charge in [0.15, 0.2) is 0 Å². The second-order valence-electron chi connectivity index (χ2n) is 4.25. The molecule has 3 nitrogen and oxygen atoms in total. The average molecular weight is 240 g/mol. The van der Waals surface area contributed by atoms with Gasteiger partial charge in [0.05, 0.1) is 0 Å². The molecule has 2 aromatic rings. The minimum Gasteiger partial charge on any atom is -0.366 e. The summed E-state index contributed by atoms with van der Waals surface area (Å²) in [7, 11) is 0. The highest BCUT2D eigenvalue weighted by atomic mass is 16.1. The Morgan fingerprint density at radius 3 is 2.28 bits per heavy atom. The predicted molar refractivity (Wildman–Crippen MR) is 72.0 cm³/mol. The number of rotatable bonds is 4. The van der Waals surface area contributed by atoms with Gasteiger partial charge in [-0.15, -0.1) is 0 Å². The predicted octanol–water partition coefficient (Wildman–Crippen LogP) is 2.03. The van der Waals surface area contributed by atoms with E-state index in [1.54, 1.807) is 12.1 Å². The Labute approximate surface area is 106 Å². The number of amides is 1. The third-order valence-electron chi connectivity index (χ3n) is 2.92. The molecule has 1 amide bonds. The van der Waals surface area contributed by atoms with Gasteiger partial charge in [0, 0.05) is 11.6 Å². The molecule has 0 bridgehead atoms. The zero-order valence-corrected chi connectivity index (χ0v) is 10.0. The molecule has 92 valence electrons. The lowest BCUT2D eigenvalue weighted by Gasteiger charge is -2.15. The molecule has 2 rings (SSSR count). The lowest BCUT2D eigenvalue weighted by atomic mass is 9.95. The van der Waals surface area contributed by atoms with E-state index in [-0.39, 0.29) is 6.04 Å². The van der Waals surface area contributed by atoms with Crippen LogP contribution in [0.5, 0.6) is 0 Å². The molecule has 0 aliphatic carbocycles. The Hall–Kier alpha value is -2.13. The number of hydrogen-bond acceptors (Lipinski definition) is 2. The van der Waals surface area contributed by atoms with Crippen molar-refractivity contribution in [2.45, 2.75) is 12.5 Å². The van der Waals surface area contributed by atoms with Crippen molar-refractivity contribution in [1.29, 1.82) is 0 Å². The van der Waals surface area contributed by atoms with Gasteiger partial charge in [-0.25, -0.2) is 0 Å². The second kappa shape index (κ2) is 5.47. The quantitative estimate of drug-likeness (QED) is 0.858. The van der Waals surface area contributed by atoms with E-state index in [4.69, 9.17) is 11.5 Å². The van der Waals surface area contributed by atoms with E-state index in [2.05, 4.69) is 0 Å². The Morgan fingerprint density at radius 1 is 1.00 bits per heavy atom. The third kappa shape index (κ3) is 2.76. The van der Waals surface area contributed by atoms with Gasteiger partial charge in [-0.3, -0.25) is 4.79 Å². The topological polar surface area (TPSA) is 69.1 Å². The zero-order chi connectivity index (χ0) is 13.0. The van der Waals surface area contributed by atoms with E-state index in [0.29, 0.717) is 12.0 Å². The number of carbonyl (C=O) groups is 1. The molecule has 0 aliphatic rings. The van der Waals surface area contributed by atoms with E-state index in [1.807, 2.05) is 42.5 Å². The summed E-state index contributed by atoms with van der Waals surface area (Å²) in [5, 5.41) is 0. The largest absolute Gasteiger partial charge is 0.366 e. The molecule has 0 saturated heterocycles. The lowest BCUT2D eigenvalue weighted by molar-refractivity contribution is 0.0999. The van der Waals surface area contributed by atoms with Gasteiger partial charge in [-0.05, 0) is 23.6 Å². The first kappa shape index (κ1) is 12.3. The summed E-state index contributed by atoms with van der Waals surface area (Å²) in [5.74, 6) is -0.436. The van der Waals surface area contributed by atoms with Crippen molar-refractivity contribution in [2.75, 3.05) is 0 Å². The normalized spacial score (nSPS) is 12.1. The van der Waals surface area contributed by atoms with Crippen LogP contribution in [0.1, 0.15) is 27.5 Å². The minimum atomic E-state index is -0.436. The van der Waals surface area contributed by atoms with Crippen molar-refractivity contribution < 1.29 is 4.79 Å². The van der Waals surface area contributed by atoms with E-state index in [9.17, 15) is 4.79 Å². The van der Waals surface area contributed by atoms with Crippen LogP contribution >= 0.6 is 0 Å². The van der Waals surface area contributed by atoms with Gasteiger partial charge in [-0.1, -0.05) is 48.5 Å². The van der Waals surface area contributed by atoms with Gasteiger partial charge >= 0.3 is 0 Å². The Balaban J connectivity index is 2.24. The Kier molecular flexibility index (Phi) is 3.75. The molecule has 0 saturated carbocycles. The van der Waals surface area contributed by atoms with Crippen molar-refractivity contribution in [2.24, 2.45) is 11.5 Å². The van der Waals surface area contributed by atoms with E-state index >= 15 is 0 Å². The summed E-state index contributed by atoms with van der Waals surface area (Å²) >= 11 is 0. The van der Waals surface area contributed by atoms with E-state index in [0.717, 1.165) is 11.1 Å². The summed E-state index contributed by atoms with van der Waals surface area (Å²) in [4.78, 5) is 11.3. The zero-order valence-electron chi connectivity index (χ0n) is 10.0. The number of carbonyl (C=O) groups excluding carboxylic acids is 1. The van der Waals surface area contributed by atoms with Crippen molar-refractivity contribution in [3.05, 3.63) is 71.3 Å². The van der Waals surface area contributed by atoms with E-state index < -0.39 is 5.91 Å². The minimum absolute atomic E-state index is 0.226. The first-order valence-electron chi connectivity index (χ1n) is 5.86. The molecule has 0 spiro atoms. The highest BCUT2D eigenvalue weighted by Crippen LogP contribution is 2.19. The van der Waals surface area contributed by atoms with Crippen LogP contribution in [-0.4, -0.2) is 5.91 Å². The second-order valence-corrected chi connectivity index (χ2v) is 4.25. The first-order chi connectivity index (χ1) is 8.68. The molecule has 2 aromatic carbocycles. The van der Waals surface area contributed by atoms with E-state index in [1.165, 1.54) is 0 Å². The van der Waals surface area contributed by atoms with Crippen LogP contribution in [0.4, 0.5) is 0 Å². The van der Waals surface area contributed by atoms with Gasteiger partial charge in [0.1, 0.15) is 0 Å². The van der Waals surface area contributed by atoms with Gasteiger partial charge in [-0.2, -0.15) is 0 Å². The molecule has 18 heavy (non-hydrogen) atoms. The van der Waals surface area contributed by atoms with Crippen LogP contribution in [-0.2, 0) is 6.42 Å². The molecule has 0 fully saturated rings. The molecule has 0 heterocycles. The fourth-order valence-electron chi connectivity index (χ4n) is 2.02. The first-order valence-corrected chi connectivity index (χ1v) is 5.86. The fraction of sp³-hybridized carbons (Fsp3) is 0.133. The molecule has 0 aliphatic heterocycles. The van der Waals surface area contributed by atoms with Crippen molar-refractivity contribution in [3.8, 4) is 0 Å². The highest BCUT2D eigenvalue weighted by molar-refractivity contribution is 5.94. The molecular formula is C15H16N2O. The van der Waals surface area contributed by atoms with Crippen LogP contribution in [0.3, 0.4) is 0 Å².